The molecular weight excluding hydrogens is 292 g/mol. The fourth-order valence-corrected chi connectivity index (χ4v) is 3.42. The van der Waals surface area contributed by atoms with Crippen LogP contribution in [0.25, 0.3) is 0 Å². The maximum Gasteiger partial charge on any atom is 0.243 e. The van der Waals surface area contributed by atoms with Crippen LogP contribution in [-0.2, 0) is 14.8 Å². The Hall–Kier alpha value is -0.990. The molecule has 1 aromatic carbocycles. The first-order chi connectivity index (χ1) is 9.97. The molecule has 1 atom stereocenters. The quantitative estimate of drug-likeness (QED) is 0.700. The molecule has 0 spiro atoms. The van der Waals surface area contributed by atoms with Gasteiger partial charge in [0.25, 0.3) is 0 Å². The van der Waals surface area contributed by atoms with Crippen molar-refractivity contribution in [2.45, 2.75) is 24.3 Å². The molecule has 120 valence electrons. The van der Waals surface area contributed by atoms with E-state index in [4.69, 9.17) is 15.6 Å². The average Bonchev–Trinajstić information content (AvgIpc) is 2.50. The van der Waals surface area contributed by atoms with Gasteiger partial charge in [-0.15, -0.1) is 0 Å². The summed E-state index contributed by atoms with van der Waals surface area (Å²) >= 11 is 0. The van der Waals surface area contributed by atoms with E-state index >= 15 is 0 Å². The lowest BCUT2D eigenvalue weighted by atomic mass is 10.1. The number of ether oxygens (including phenoxy) is 1. The van der Waals surface area contributed by atoms with Crippen LogP contribution >= 0.6 is 0 Å². The van der Waals surface area contributed by atoms with E-state index in [1.807, 2.05) is 13.0 Å². The third kappa shape index (κ3) is 4.76. The average molecular weight is 316 g/mol. The molecule has 0 saturated heterocycles. The largest absolute Gasteiger partial charge is 0.395 e. The van der Waals surface area contributed by atoms with Crippen molar-refractivity contribution in [1.82, 2.24) is 4.31 Å². The molecule has 0 aliphatic heterocycles. The summed E-state index contributed by atoms with van der Waals surface area (Å²) in [6.45, 7) is 2.21. The predicted molar refractivity (Wildman–Crippen MR) is 81.4 cm³/mol. The van der Waals surface area contributed by atoms with Crippen molar-refractivity contribution >= 4 is 10.0 Å². The highest BCUT2D eigenvalue weighted by Crippen LogP contribution is 2.21. The van der Waals surface area contributed by atoms with Gasteiger partial charge in [0, 0.05) is 26.2 Å². The van der Waals surface area contributed by atoms with Crippen molar-refractivity contribution in [3.63, 3.8) is 0 Å². The van der Waals surface area contributed by atoms with Gasteiger partial charge >= 0.3 is 0 Å². The standard InChI is InChI=1S/C14H24N2O4S/c1-3-14(15)12-5-4-6-13(11-12)21(18,19)16(7-9-17)8-10-20-2/h4-6,11,14,17H,3,7-10,15H2,1-2H3. The lowest BCUT2D eigenvalue weighted by Crippen LogP contribution is -2.36. The zero-order chi connectivity index (χ0) is 15.9. The fraction of sp³-hybridized carbons (Fsp3) is 0.571. The summed E-state index contributed by atoms with van der Waals surface area (Å²) in [6, 6.07) is 6.45. The molecule has 1 rings (SSSR count). The third-order valence-corrected chi connectivity index (χ3v) is 5.15. The lowest BCUT2D eigenvalue weighted by molar-refractivity contribution is 0.168. The molecule has 3 N–H and O–H groups in total. The molecule has 0 aliphatic rings. The van der Waals surface area contributed by atoms with E-state index in [1.54, 1.807) is 18.2 Å². The van der Waals surface area contributed by atoms with Gasteiger partial charge in [-0.1, -0.05) is 19.1 Å². The summed E-state index contributed by atoms with van der Waals surface area (Å²) in [5.74, 6) is 0. The van der Waals surface area contributed by atoms with Crippen LogP contribution in [0.2, 0.25) is 0 Å². The van der Waals surface area contributed by atoms with E-state index in [9.17, 15) is 8.42 Å². The van der Waals surface area contributed by atoms with E-state index in [0.29, 0.717) is 0 Å². The number of nitrogens with two attached hydrogens (primary N) is 1. The Morgan fingerprint density at radius 3 is 2.67 bits per heavy atom. The number of hydrogen-bond donors (Lipinski definition) is 2. The molecule has 21 heavy (non-hydrogen) atoms. The molecule has 0 heterocycles. The van der Waals surface area contributed by atoms with Crippen molar-refractivity contribution in [3.05, 3.63) is 29.8 Å². The fourth-order valence-electron chi connectivity index (χ4n) is 1.95. The van der Waals surface area contributed by atoms with E-state index in [0.717, 1.165) is 12.0 Å². The third-order valence-electron chi connectivity index (χ3n) is 3.26. The maximum atomic E-state index is 12.6. The van der Waals surface area contributed by atoms with Crippen LogP contribution in [0.3, 0.4) is 0 Å². The number of methoxy groups -OCH3 is 1. The molecule has 0 amide bonds. The van der Waals surface area contributed by atoms with E-state index < -0.39 is 10.0 Å². The first-order valence-electron chi connectivity index (χ1n) is 6.92. The molecule has 0 bridgehead atoms. The molecule has 1 aromatic rings. The minimum Gasteiger partial charge on any atom is -0.395 e. The lowest BCUT2D eigenvalue weighted by Gasteiger charge is -2.21. The van der Waals surface area contributed by atoms with Crippen LogP contribution in [0.4, 0.5) is 0 Å². The Kier molecular flexibility index (Phi) is 7.27. The summed E-state index contributed by atoms with van der Waals surface area (Å²) in [4.78, 5) is 0.188. The highest BCUT2D eigenvalue weighted by atomic mass is 32.2. The molecule has 7 heteroatoms. The van der Waals surface area contributed by atoms with Crippen molar-refractivity contribution < 1.29 is 18.3 Å². The number of benzene rings is 1. The second kappa shape index (κ2) is 8.45. The smallest absolute Gasteiger partial charge is 0.243 e. The Labute approximate surface area is 126 Å². The molecule has 0 fully saturated rings. The number of sulfonamides is 1. The molecule has 0 radical (unpaired) electrons. The predicted octanol–water partition coefficient (Wildman–Crippen LogP) is 0.726. The Morgan fingerprint density at radius 2 is 2.10 bits per heavy atom. The SMILES string of the molecule is CCC(N)c1cccc(S(=O)(=O)N(CCO)CCOC)c1. The maximum absolute atomic E-state index is 12.6. The van der Waals surface area contributed by atoms with Crippen molar-refractivity contribution in [2.24, 2.45) is 5.73 Å². The van der Waals surface area contributed by atoms with Gasteiger partial charge in [-0.25, -0.2) is 8.42 Å². The number of aliphatic hydroxyl groups is 1. The second-order valence-corrected chi connectivity index (χ2v) is 6.65. The highest BCUT2D eigenvalue weighted by Gasteiger charge is 2.24. The minimum atomic E-state index is -3.66. The van der Waals surface area contributed by atoms with Crippen LogP contribution in [0, 0.1) is 0 Å². The van der Waals surface area contributed by atoms with Crippen molar-refractivity contribution in [1.29, 1.82) is 0 Å². The van der Waals surface area contributed by atoms with Gasteiger partial charge in [-0.2, -0.15) is 4.31 Å². The van der Waals surface area contributed by atoms with Crippen LogP contribution in [0.1, 0.15) is 24.9 Å². The first kappa shape index (κ1) is 18.1. The number of rotatable bonds is 9. The summed E-state index contributed by atoms with van der Waals surface area (Å²) in [6.07, 6.45) is 0.730. The number of aliphatic hydroxyl groups excluding tert-OH is 1. The molecule has 1 unspecified atom stereocenters. The second-order valence-electron chi connectivity index (χ2n) is 4.71. The van der Waals surface area contributed by atoms with Gasteiger partial charge in [0.2, 0.25) is 10.0 Å². The molecule has 0 saturated carbocycles. The zero-order valence-corrected chi connectivity index (χ0v) is 13.3. The highest BCUT2D eigenvalue weighted by molar-refractivity contribution is 7.89. The molecule has 0 aliphatic carbocycles. The Bertz CT molecular complexity index is 534. The Morgan fingerprint density at radius 1 is 1.38 bits per heavy atom. The van der Waals surface area contributed by atoms with Gasteiger partial charge in [0.15, 0.2) is 0 Å². The monoisotopic (exact) mass is 316 g/mol. The van der Waals surface area contributed by atoms with Gasteiger partial charge in [-0.05, 0) is 24.1 Å². The van der Waals surface area contributed by atoms with E-state index in [-0.39, 0.29) is 37.2 Å². The van der Waals surface area contributed by atoms with Gasteiger partial charge in [0.05, 0.1) is 18.1 Å². The summed E-state index contributed by atoms with van der Waals surface area (Å²) < 4.78 is 31.4. The van der Waals surface area contributed by atoms with Crippen molar-refractivity contribution in [3.8, 4) is 0 Å². The summed E-state index contributed by atoms with van der Waals surface area (Å²) in [5, 5.41) is 9.06. The number of nitrogens with zero attached hydrogens (tertiary/aromatic N) is 1. The summed E-state index contributed by atoms with van der Waals surface area (Å²) in [7, 11) is -2.16. The summed E-state index contributed by atoms with van der Waals surface area (Å²) in [5.41, 5.74) is 6.74. The minimum absolute atomic E-state index is 0.0375. The molecular formula is C14H24N2O4S. The Balaban J connectivity index is 3.09. The normalized spacial score (nSPS) is 13.6. The molecule has 0 aromatic heterocycles. The van der Waals surface area contributed by atoms with Crippen LogP contribution in [0.15, 0.2) is 29.2 Å². The van der Waals surface area contributed by atoms with Crippen LogP contribution < -0.4 is 5.73 Å². The van der Waals surface area contributed by atoms with Gasteiger partial charge in [0.1, 0.15) is 0 Å². The van der Waals surface area contributed by atoms with Gasteiger partial charge < -0.3 is 15.6 Å². The van der Waals surface area contributed by atoms with Crippen LogP contribution in [-0.4, -0.2) is 51.2 Å². The van der Waals surface area contributed by atoms with E-state index in [1.165, 1.54) is 11.4 Å². The first-order valence-corrected chi connectivity index (χ1v) is 8.36. The van der Waals surface area contributed by atoms with E-state index in [2.05, 4.69) is 0 Å². The van der Waals surface area contributed by atoms with Crippen molar-refractivity contribution in [2.75, 3.05) is 33.4 Å². The zero-order valence-electron chi connectivity index (χ0n) is 12.5. The topological polar surface area (TPSA) is 92.9 Å². The number of hydrogen-bond acceptors (Lipinski definition) is 5. The molecule has 6 nitrogen and oxygen atoms in total. The van der Waals surface area contributed by atoms with Gasteiger partial charge in [-0.3, -0.25) is 0 Å². The van der Waals surface area contributed by atoms with Crippen LogP contribution in [0.5, 0.6) is 0 Å².